The molecule has 1 heterocycles. The van der Waals surface area contributed by atoms with E-state index >= 15 is 0 Å². The number of rotatable bonds is 2. The normalized spacial score (nSPS) is 16.2. The van der Waals surface area contributed by atoms with E-state index in [0.29, 0.717) is 13.2 Å². The molecule has 0 radical (unpaired) electrons. The van der Waals surface area contributed by atoms with Crippen molar-refractivity contribution in [1.29, 1.82) is 0 Å². The number of benzene rings is 1. The van der Waals surface area contributed by atoms with Gasteiger partial charge in [0.1, 0.15) is 0 Å². The molecule has 0 aliphatic carbocycles. The van der Waals surface area contributed by atoms with Gasteiger partial charge >= 0.3 is 5.97 Å². The quantitative estimate of drug-likeness (QED) is 0.859. The Bertz CT molecular complexity index is 402. The highest BCUT2D eigenvalue weighted by atomic mass is 35.5. The average Bonchev–Trinajstić information content (AvgIpc) is 2.29. The van der Waals surface area contributed by atoms with Crippen molar-refractivity contribution in [2.45, 2.75) is 0 Å². The van der Waals surface area contributed by atoms with Crippen LogP contribution in [0.25, 0.3) is 0 Å². The number of nitrogens with zero attached hydrogens (tertiary/aromatic N) is 1. The summed E-state index contributed by atoms with van der Waals surface area (Å²) in [5.41, 5.74) is 1.08. The van der Waals surface area contributed by atoms with Crippen molar-refractivity contribution in [2.75, 3.05) is 31.2 Å². The van der Waals surface area contributed by atoms with Gasteiger partial charge in [0.2, 0.25) is 0 Å². The molecule has 0 amide bonds. The first-order valence-corrected chi connectivity index (χ1v) is 5.42. The summed E-state index contributed by atoms with van der Waals surface area (Å²) in [4.78, 5) is 12.9. The van der Waals surface area contributed by atoms with Gasteiger partial charge in [-0.3, -0.25) is 0 Å². The van der Waals surface area contributed by atoms with Crippen LogP contribution in [0.5, 0.6) is 0 Å². The molecule has 1 aliphatic heterocycles. The van der Waals surface area contributed by atoms with Crippen LogP contribution in [-0.4, -0.2) is 37.4 Å². The van der Waals surface area contributed by atoms with Crippen LogP contribution < -0.4 is 4.90 Å². The molecule has 1 aromatic carbocycles. The van der Waals surface area contributed by atoms with E-state index in [1.807, 2.05) is 0 Å². The molecule has 16 heavy (non-hydrogen) atoms. The highest BCUT2D eigenvalue weighted by Crippen LogP contribution is 2.24. The van der Waals surface area contributed by atoms with Gasteiger partial charge in [0.05, 0.1) is 23.8 Å². The third-order valence-corrected chi connectivity index (χ3v) is 2.87. The molecule has 0 unspecified atom stereocenters. The fourth-order valence-electron chi connectivity index (χ4n) is 1.70. The Morgan fingerprint density at radius 3 is 2.62 bits per heavy atom. The van der Waals surface area contributed by atoms with E-state index in [1.165, 1.54) is 6.07 Å². The van der Waals surface area contributed by atoms with Gasteiger partial charge in [0, 0.05) is 18.8 Å². The molecule has 0 aromatic heterocycles. The second-order valence-corrected chi connectivity index (χ2v) is 3.98. The molecular formula is C11H12ClNO3. The highest BCUT2D eigenvalue weighted by Gasteiger charge is 2.14. The number of carboxylic acid groups (broad SMARTS) is 1. The third kappa shape index (κ3) is 2.28. The smallest absolute Gasteiger partial charge is 0.337 e. The van der Waals surface area contributed by atoms with Crippen molar-refractivity contribution in [3.8, 4) is 0 Å². The third-order valence-electron chi connectivity index (χ3n) is 2.56. The van der Waals surface area contributed by atoms with E-state index in [1.54, 1.807) is 12.1 Å². The van der Waals surface area contributed by atoms with Gasteiger partial charge in [-0.05, 0) is 18.2 Å². The number of carbonyl (C=O) groups is 1. The summed E-state index contributed by atoms with van der Waals surface area (Å²) in [6.45, 7) is 3.00. The fraction of sp³-hybridized carbons (Fsp3) is 0.364. The van der Waals surface area contributed by atoms with Gasteiger partial charge in [-0.2, -0.15) is 0 Å². The van der Waals surface area contributed by atoms with E-state index in [0.717, 1.165) is 18.8 Å². The van der Waals surface area contributed by atoms with Crippen molar-refractivity contribution < 1.29 is 14.6 Å². The zero-order valence-corrected chi connectivity index (χ0v) is 9.41. The lowest BCUT2D eigenvalue weighted by Gasteiger charge is -2.29. The minimum Gasteiger partial charge on any atom is -0.478 e. The summed E-state index contributed by atoms with van der Waals surface area (Å²) in [5, 5.41) is 9.12. The Morgan fingerprint density at radius 2 is 2.06 bits per heavy atom. The molecule has 0 spiro atoms. The summed E-state index contributed by atoms with van der Waals surface area (Å²) in [6.07, 6.45) is 0. The Labute approximate surface area is 98.4 Å². The minimum absolute atomic E-state index is 0.138. The van der Waals surface area contributed by atoms with Crippen LogP contribution in [0.15, 0.2) is 18.2 Å². The van der Waals surface area contributed by atoms with Crippen molar-refractivity contribution in [2.24, 2.45) is 0 Å². The molecule has 1 aliphatic rings. The molecule has 4 nitrogen and oxygen atoms in total. The lowest BCUT2D eigenvalue weighted by atomic mass is 10.2. The van der Waals surface area contributed by atoms with Crippen molar-refractivity contribution in [3.63, 3.8) is 0 Å². The Hall–Kier alpha value is -1.26. The molecule has 1 aromatic rings. The van der Waals surface area contributed by atoms with Crippen LogP contribution in [0, 0.1) is 0 Å². The topological polar surface area (TPSA) is 49.8 Å². The fourth-order valence-corrected chi connectivity index (χ4v) is 1.95. The highest BCUT2D eigenvalue weighted by molar-refractivity contribution is 6.33. The Balaban J connectivity index is 2.23. The summed E-state index contributed by atoms with van der Waals surface area (Å²) < 4.78 is 5.24. The lowest BCUT2D eigenvalue weighted by molar-refractivity contribution is 0.0697. The van der Waals surface area contributed by atoms with Gasteiger partial charge < -0.3 is 14.7 Å². The molecule has 1 N–H and O–H groups in total. The molecule has 1 fully saturated rings. The number of hydrogen-bond donors (Lipinski definition) is 1. The maximum absolute atomic E-state index is 10.8. The zero-order valence-electron chi connectivity index (χ0n) is 8.65. The first-order valence-electron chi connectivity index (χ1n) is 5.04. The maximum Gasteiger partial charge on any atom is 0.337 e. The molecule has 5 heteroatoms. The molecule has 2 rings (SSSR count). The van der Waals surface area contributed by atoms with Gasteiger partial charge in [0.15, 0.2) is 0 Å². The number of halogens is 1. The monoisotopic (exact) mass is 241 g/mol. The maximum atomic E-state index is 10.8. The molecule has 0 atom stereocenters. The van der Waals surface area contributed by atoms with E-state index in [9.17, 15) is 4.79 Å². The van der Waals surface area contributed by atoms with Crippen LogP contribution in [0.3, 0.4) is 0 Å². The summed E-state index contributed by atoms with van der Waals surface area (Å²) >= 11 is 5.90. The molecule has 86 valence electrons. The lowest BCUT2D eigenvalue weighted by Crippen LogP contribution is -2.36. The van der Waals surface area contributed by atoms with Crippen molar-refractivity contribution >= 4 is 23.3 Å². The first-order chi connectivity index (χ1) is 7.68. The summed E-state index contributed by atoms with van der Waals surface area (Å²) in [5.74, 6) is -1.00. The molecule has 0 bridgehead atoms. The van der Waals surface area contributed by atoms with Gasteiger partial charge in [0.25, 0.3) is 0 Å². The second kappa shape index (κ2) is 4.72. The van der Waals surface area contributed by atoms with Crippen LogP contribution in [0.2, 0.25) is 5.02 Å². The minimum atomic E-state index is -1.00. The van der Waals surface area contributed by atoms with Crippen LogP contribution in [0.4, 0.5) is 5.69 Å². The van der Waals surface area contributed by atoms with E-state index < -0.39 is 5.97 Å². The second-order valence-electron chi connectivity index (χ2n) is 3.57. The van der Waals surface area contributed by atoms with E-state index in [2.05, 4.69) is 4.90 Å². The number of ether oxygens (including phenoxy) is 1. The average molecular weight is 242 g/mol. The Kier molecular flexibility index (Phi) is 3.31. The number of anilines is 1. The van der Waals surface area contributed by atoms with Crippen molar-refractivity contribution in [3.05, 3.63) is 28.8 Å². The molecule has 0 saturated carbocycles. The SMILES string of the molecule is O=C(O)c1ccc(N2CCOCC2)cc1Cl. The summed E-state index contributed by atoms with van der Waals surface area (Å²) in [7, 11) is 0. The van der Waals surface area contributed by atoms with Gasteiger partial charge in [-0.25, -0.2) is 4.79 Å². The van der Waals surface area contributed by atoms with Crippen LogP contribution in [0.1, 0.15) is 10.4 Å². The van der Waals surface area contributed by atoms with E-state index in [4.69, 9.17) is 21.4 Å². The van der Waals surface area contributed by atoms with Gasteiger partial charge in [-0.15, -0.1) is 0 Å². The Morgan fingerprint density at radius 1 is 1.38 bits per heavy atom. The standard InChI is InChI=1S/C11H12ClNO3/c12-10-7-8(1-2-9(10)11(14)15)13-3-5-16-6-4-13/h1-2,7H,3-6H2,(H,14,15). The number of morpholine rings is 1. The predicted molar refractivity (Wildman–Crippen MR) is 61.4 cm³/mol. The van der Waals surface area contributed by atoms with Crippen molar-refractivity contribution in [1.82, 2.24) is 0 Å². The summed E-state index contributed by atoms with van der Waals surface area (Å²) in [6, 6.07) is 5.01. The number of carboxylic acids is 1. The largest absolute Gasteiger partial charge is 0.478 e. The molecule has 1 saturated heterocycles. The van der Waals surface area contributed by atoms with Crippen LogP contribution in [-0.2, 0) is 4.74 Å². The zero-order chi connectivity index (χ0) is 11.5. The number of aromatic carboxylic acids is 1. The molecular weight excluding hydrogens is 230 g/mol. The van der Waals surface area contributed by atoms with Gasteiger partial charge in [-0.1, -0.05) is 11.6 Å². The number of hydrogen-bond acceptors (Lipinski definition) is 3. The predicted octanol–water partition coefficient (Wildman–Crippen LogP) is 1.87. The van der Waals surface area contributed by atoms with E-state index in [-0.39, 0.29) is 10.6 Å². The van der Waals surface area contributed by atoms with Crippen LogP contribution >= 0.6 is 11.6 Å². The first kappa shape index (κ1) is 11.2.